The van der Waals surface area contributed by atoms with Gasteiger partial charge in [-0.3, -0.25) is 24.5 Å². The summed E-state index contributed by atoms with van der Waals surface area (Å²) in [6, 6.07) is 1.84. The highest BCUT2D eigenvalue weighted by molar-refractivity contribution is 6.05. The third-order valence-electron chi connectivity index (χ3n) is 4.79. The number of imide groups is 1. The number of carbonyl (C=O) groups excluding carboxylic acids is 4. The largest absolute Gasteiger partial charge is 0.438 e. The van der Waals surface area contributed by atoms with Crippen LogP contribution in [0, 0.1) is 5.82 Å². The summed E-state index contributed by atoms with van der Waals surface area (Å²) in [5.74, 6) is -2.55. The predicted molar refractivity (Wildman–Crippen MR) is 90.1 cm³/mol. The Bertz CT molecular complexity index is 988. The first kappa shape index (κ1) is 17.8. The molecule has 1 saturated heterocycles. The molecule has 1 atom stereocenters. The predicted octanol–water partition coefficient (Wildman–Crippen LogP) is 0.505. The molecule has 2 aliphatic heterocycles. The van der Waals surface area contributed by atoms with Gasteiger partial charge in [-0.05, 0) is 24.1 Å². The first-order valence-corrected chi connectivity index (χ1v) is 8.56. The summed E-state index contributed by atoms with van der Waals surface area (Å²) in [6.07, 6.45) is 2.72. The molecular weight excluding hydrogens is 371 g/mol. The van der Waals surface area contributed by atoms with E-state index in [9.17, 15) is 23.6 Å². The van der Waals surface area contributed by atoms with Gasteiger partial charge in [0.05, 0.1) is 6.20 Å². The van der Waals surface area contributed by atoms with Gasteiger partial charge in [0.2, 0.25) is 17.6 Å². The molecular formula is C18H15FN4O5. The number of halogens is 1. The molecule has 0 spiro atoms. The summed E-state index contributed by atoms with van der Waals surface area (Å²) < 4.78 is 19.3. The molecule has 1 aromatic carbocycles. The van der Waals surface area contributed by atoms with Crippen molar-refractivity contribution < 1.29 is 28.0 Å². The molecule has 0 aliphatic carbocycles. The first-order chi connectivity index (χ1) is 13.4. The number of aromatic nitrogens is 1. The van der Waals surface area contributed by atoms with Crippen LogP contribution in [0.5, 0.6) is 0 Å². The van der Waals surface area contributed by atoms with Gasteiger partial charge in [-0.1, -0.05) is 0 Å². The van der Waals surface area contributed by atoms with Crippen molar-refractivity contribution in [2.24, 2.45) is 0 Å². The maximum atomic E-state index is 14.4. The van der Waals surface area contributed by atoms with Crippen LogP contribution in [0.1, 0.15) is 44.9 Å². The molecule has 144 valence electrons. The number of amides is 4. The molecule has 1 aromatic heterocycles. The average molecular weight is 386 g/mol. The number of nitrogens with one attached hydrogen (secondary N) is 2. The Morgan fingerprint density at radius 3 is 2.89 bits per heavy atom. The lowest BCUT2D eigenvalue weighted by molar-refractivity contribution is -0.136. The summed E-state index contributed by atoms with van der Waals surface area (Å²) >= 11 is 0. The molecule has 3 heterocycles. The van der Waals surface area contributed by atoms with Crippen molar-refractivity contribution in [1.29, 1.82) is 0 Å². The second-order valence-corrected chi connectivity index (χ2v) is 6.55. The zero-order valence-electron chi connectivity index (χ0n) is 14.5. The van der Waals surface area contributed by atoms with Crippen molar-refractivity contribution in [2.45, 2.75) is 32.0 Å². The highest BCUT2D eigenvalue weighted by atomic mass is 19.1. The van der Waals surface area contributed by atoms with Gasteiger partial charge in [0.1, 0.15) is 11.9 Å². The monoisotopic (exact) mass is 386 g/mol. The Morgan fingerprint density at radius 1 is 1.36 bits per heavy atom. The Morgan fingerprint density at radius 2 is 2.18 bits per heavy atom. The van der Waals surface area contributed by atoms with Gasteiger partial charge < -0.3 is 14.6 Å². The molecule has 10 heteroatoms. The molecule has 0 radical (unpaired) electrons. The van der Waals surface area contributed by atoms with Gasteiger partial charge in [-0.25, -0.2) is 9.37 Å². The van der Waals surface area contributed by atoms with Crippen molar-refractivity contribution in [3.8, 4) is 0 Å². The second kappa shape index (κ2) is 6.87. The Kier molecular flexibility index (Phi) is 4.38. The van der Waals surface area contributed by atoms with E-state index in [2.05, 4.69) is 15.6 Å². The molecule has 0 bridgehead atoms. The van der Waals surface area contributed by atoms with E-state index in [1.807, 2.05) is 0 Å². The van der Waals surface area contributed by atoms with Crippen LogP contribution in [0.4, 0.5) is 4.39 Å². The molecule has 2 aliphatic rings. The number of hydrogen-bond acceptors (Lipinski definition) is 6. The quantitative estimate of drug-likeness (QED) is 0.739. The van der Waals surface area contributed by atoms with Gasteiger partial charge in [-0.15, -0.1) is 0 Å². The molecule has 4 rings (SSSR count). The highest BCUT2D eigenvalue weighted by Gasteiger charge is 2.39. The lowest BCUT2D eigenvalue weighted by Gasteiger charge is -2.29. The fourth-order valence-corrected chi connectivity index (χ4v) is 3.37. The van der Waals surface area contributed by atoms with Crippen molar-refractivity contribution in [2.75, 3.05) is 0 Å². The lowest BCUT2D eigenvalue weighted by atomic mass is 10.0. The maximum Gasteiger partial charge on any atom is 0.288 e. The number of oxazole rings is 1. The van der Waals surface area contributed by atoms with E-state index in [1.54, 1.807) is 0 Å². The summed E-state index contributed by atoms with van der Waals surface area (Å²) in [7, 11) is 0. The zero-order valence-corrected chi connectivity index (χ0v) is 14.5. The SMILES string of the molecule is O=C1CCC(N2Cc3cc(CNC(=O)c4cnco4)c(F)cc3C2=O)C(=O)N1. The van der Waals surface area contributed by atoms with Crippen molar-refractivity contribution in [3.05, 3.63) is 53.0 Å². The van der Waals surface area contributed by atoms with E-state index in [0.717, 1.165) is 12.5 Å². The van der Waals surface area contributed by atoms with Crippen LogP contribution in [0.15, 0.2) is 29.1 Å². The summed E-state index contributed by atoms with van der Waals surface area (Å²) in [5.41, 5.74) is 0.928. The van der Waals surface area contributed by atoms with Crippen molar-refractivity contribution >= 4 is 23.6 Å². The van der Waals surface area contributed by atoms with E-state index >= 15 is 0 Å². The Hall–Kier alpha value is -3.56. The van der Waals surface area contributed by atoms with Crippen LogP contribution in [-0.4, -0.2) is 39.6 Å². The van der Waals surface area contributed by atoms with E-state index in [0.29, 0.717) is 5.56 Å². The smallest absolute Gasteiger partial charge is 0.288 e. The molecule has 0 saturated carbocycles. The molecule has 1 fully saturated rings. The number of hydrogen-bond donors (Lipinski definition) is 2. The standard InChI is InChI=1S/C18H15FN4O5/c19-12-4-11-10(3-9(12)5-21-17(26)14-6-20-8-28-14)7-23(18(11)27)13-1-2-15(24)22-16(13)25/h3-4,6,8,13H,1-2,5,7H2,(H,21,26)(H,22,24,25). The average Bonchev–Trinajstić information content (AvgIpc) is 3.29. The zero-order chi connectivity index (χ0) is 19.8. The van der Waals surface area contributed by atoms with Crippen LogP contribution in [-0.2, 0) is 22.7 Å². The van der Waals surface area contributed by atoms with E-state index in [-0.39, 0.29) is 48.7 Å². The molecule has 28 heavy (non-hydrogen) atoms. The maximum absolute atomic E-state index is 14.4. The number of fused-ring (bicyclic) bond motifs is 1. The first-order valence-electron chi connectivity index (χ1n) is 8.56. The minimum Gasteiger partial charge on any atom is -0.438 e. The lowest BCUT2D eigenvalue weighted by Crippen LogP contribution is -2.52. The van der Waals surface area contributed by atoms with Gasteiger partial charge in [-0.2, -0.15) is 0 Å². The minimum absolute atomic E-state index is 0.000721. The molecule has 2 aromatic rings. The van der Waals surface area contributed by atoms with Crippen LogP contribution < -0.4 is 10.6 Å². The summed E-state index contributed by atoms with van der Waals surface area (Å²) in [6.45, 7) is 0.0228. The van der Waals surface area contributed by atoms with E-state index in [4.69, 9.17) is 4.42 Å². The van der Waals surface area contributed by atoms with E-state index < -0.39 is 29.6 Å². The van der Waals surface area contributed by atoms with Gasteiger partial charge in [0.15, 0.2) is 6.39 Å². The van der Waals surface area contributed by atoms with Crippen LogP contribution >= 0.6 is 0 Å². The van der Waals surface area contributed by atoms with Crippen molar-refractivity contribution in [3.63, 3.8) is 0 Å². The second-order valence-electron chi connectivity index (χ2n) is 6.55. The van der Waals surface area contributed by atoms with Crippen LogP contribution in [0.3, 0.4) is 0 Å². The summed E-state index contributed by atoms with van der Waals surface area (Å²) in [5, 5.41) is 4.73. The number of nitrogens with zero attached hydrogens (tertiary/aromatic N) is 2. The number of benzene rings is 1. The molecule has 1 unspecified atom stereocenters. The summed E-state index contributed by atoms with van der Waals surface area (Å²) in [4.78, 5) is 52.8. The molecule has 4 amide bonds. The molecule has 2 N–H and O–H groups in total. The fraction of sp³-hybridized carbons (Fsp3) is 0.278. The third-order valence-corrected chi connectivity index (χ3v) is 4.79. The van der Waals surface area contributed by atoms with Gasteiger partial charge in [0.25, 0.3) is 11.8 Å². The third kappa shape index (κ3) is 3.13. The van der Waals surface area contributed by atoms with Crippen molar-refractivity contribution in [1.82, 2.24) is 20.5 Å². The van der Waals surface area contributed by atoms with Gasteiger partial charge >= 0.3 is 0 Å². The number of piperidine rings is 1. The number of rotatable bonds is 4. The molecule has 9 nitrogen and oxygen atoms in total. The Labute approximate surface area is 157 Å². The highest BCUT2D eigenvalue weighted by Crippen LogP contribution is 2.29. The normalized spacial score (nSPS) is 18.8. The topological polar surface area (TPSA) is 122 Å². The van der Waals surface area contributed by atoms with Crippen LogP contribution in [0.25, 0.3) is 0 Å². The van der Waals surface area contributed by atoms with Crippen LogP contribution in [0.2, 0.25) is 0 Å². The van der Waals surface area contributed by atoms with Gasteiger partial charge in [0, 0.05) is 30.6 Å². The number of carbonyl (C=O) groups is 4. The Balaban J connectivity index is 1.50. The minimum atomic E-state index is -0.768. The fourth-order valence-electron chi connectivity index (χ4n) is 3.37. The van der Waals surface area contributed by atoms with E-state index in [1.165, 1.54) is 17.2 Å².